The van der Waals surface area contributed by atoms with Gasteiger partial charge in [-0.2, -0.15) is 0 Å². The zero-order valence-electron chi connectivity index (χ0n) is 14.1. The van der Waals surface area contributed by atoms with Gasteiger partial charge in [-0.15, -0.1) is 0 Å². The first-order chi connectivity index (χ1) is 12.1. The monoisotopic (exact) mass is 340 g/mol. The van der Waals surface area contributed by atoms with Gasteiger partial charge in [0.2, 0.25) is 5.91 Å². The Morgan fingerprint density at radius 3 is 3.04 bits per heavy atom. The highest BCUT2D eigenvalue weighted by Crippen LogP contribution is 2.21. The number of carbonyl (C=O) groups is 2. The van der Waals surface area contributed by atoms with Crippen molar-refractivity contribution in [1.82, 2.24) is 14.8 Å². The summed E-state index contributed by atoms with van der Waals surface area (Å²) in [7, 11) is 0. The fraction of sp³-hybridized carbons (Fsp3) is 0.389. The van der Waals surface area contributed by atoms with Crippen LogP contribution in [-0.4, -0.2) is 59.1 Å². The molecule has 2 aliphatic heterocycles. The SMILES string of the molecule is CC(=O)Nc1ccc2nc(CN3CCN4C(=O)OCC4C3)ccc2c1. The smallest absolute Gasteiger partial charge is 0.410 e. The van der Waals surface area contributed by atoms with Crippen molar-refractivity contribution in [3.05, 3.63) is 36.0 Å². The number of ether oxygens (including phenoxy) is 1. The molecule has 0 saturated carbocycles. The average Bonchev–Trinajstić information content (AvgIpc) is 2.95. The average molecular weight is 340 g/mol. The number of nitrogens with one attached hydrogen (secondary N) is 1. The molecule has 3 heterocycles. The quantitative estimate of drug-likeness (QED) is 0.923. The highest BCUT2D eigenvalue weighted by atomic mass is 16.6. The summed E-state index contributed by atoms with van der Waals surface area (Å²) in [6.45, 7) is 5.07. The van der Waals surface area contributed by atoms with E-state index in [-0.39, 0.29) is 18.0 Å². The highest BCUT2D eigenvalue weighted by Gasteiger charge is 2.37. The number of rotatable bonds is 3. The lowest BCUT2D eigenvalue weighted by Crippen LogP contribution is -2.51. The Kier molecular flexibility index (Phi) is 4.01. The van der Waals surface area contributed by atoms with Crippen LogP contribution < -0.4 is 5.32 Å². The predicted octanol–water partition coefficient (Wildman–Crippen LogP) is 1.83. The van der Waals surface area contributed by atoms with Gasteiger partial charge in [-0.05, 0) is 24.3 Å². The van der Waals surface area contributed by atoms with Crippen LogP contribution >= 0.6 is 0 Å². The van der Waals surface area contributed by atoms with Crippen LogP contribution in [0.15, 0.2) is 30.3 Å². The van der Waals surface area contributed by atoms with Gasteiger partial charge in [0, 0.05) is 44.2 Å². The molecule has 1 aromatic carbocycles. The summed E-state index contributed by atoms with van der Waals surface area (Å²) in [6, 6.07) is 9.91. The van der Waals surface area contributed by atoms with Crippen molar-refractivity contribution in [2.45, 2.75) is 19.5 Å². The Morgan fingerprint density at radius 1 is 1.32 bits per heavy atom. The number of piperazine rings is 1. The molecule has 1 unspecified atom stereocenters. The van der Waals surface area contributed by atoms with E-state index in [1.54, 1.807) is 0 Å². The van der Waals surface area contributed by atoms with Gasteiger partial charge in [-0.25, -0.2) is 4.79 Å². The Morgan fingerprint density at radius 2 is 2.20 bits per heavy atom. The van der Waals surface area contributed by atoms with E-state index < -0.39 is 0 Å². The molecule has 1 aromatic heterocycles. The number of cyclic esters (lactones) is 1. The predicted molar refractivity (Wildman–Crippen MR) is 93.2 cm³/mol. The molecule has 2 aromatic rings. The number of nitrogens with zero attached hydrogens (tertiary/aromatic N) is 3. The summed E-state index contributed by atoms with van der Waals surface area (Å²) in [5.41, 5.74) is 2.68. The molecule has 0 spiro atoms. The second-order valence-corrected chi connectivity index (χ2v) is 6.55. The molecule has 2 aliphatic rings. The minimum absolute atomic E-state index is 0.0857. The van der Waals surface area contributed by atoms with E-state index in [1.807, 2.05) is 35.2 Å². The van der Waals surface area contributed by atoms with Crippen molar-refractivity contribution in [2.24, 2.45) is 0 Å². The van der Waals surface area contributed by atoms with E-state index >= 15 is 0 Å². The second-order valence-electron chi connectivity index (χ2n) is 6.55. The fourth-order valence-corrected chi connectivity index (χ4v) is 3.46. The maximum absolute atomic E-state index is 11.6. The molecule has 0 aliphatic carbocycles. The van der Waals surface area contributed by atoms with Crippen molar-refractivity contribution in [1.29, 1.82) is 0 Å². The number of pyridine rings is 1. The first-order valence-corrected chi connectivity index (χ1v) is 8.41. The first-order valence-electron chi connectivity index (χ1n) is 8.41. The number of anilines is 1. The summed E-state index contributed by atoms with van der Waals surface area (Å²) >= 11 is 0. The third kappa shape index (κ3) is 3.28. The van der Waals surface area contributed by atoms with Crippen molar-refractivity contribution in [2.75, 3.05) is 31.6 Å². The van der Waals surface area contributed by atoms with Gasteiger partial charge < -0.3 is 10.1 Å². The topological polar surface area (TPSA) is 74.8 Å². The van der Waals surface area contributed by atoms with Crippen molar-refractivity contribution >= 4 is 28.6 Å². The van der Waals surface area contributed by atoms with Gasteiger partial charge in [0.05, 0.1) is 17.3 Å². The Labute approximate surface area is 145 Å². The molecule has 2 fully saturated rings. The lowest BCUT2D eigenvalue weighted by Gasteiger charge is -2.35. The summed E-state index contributed by atoms with van der Waals surface area (Å²) in [5, 5.41) is 3.78. The Balaban J connectivity index is 1.47. The second kappa shape index (κ2) is 6.33. The van der Waals surface area contributed by atoms with Crippen molar-refractivity contribution in [3.63, 3.8) is 0 Å². The van der Waals surface area contributed by atoms with Crippen molar-refractivity contribution in [3.8, 4) is 0 Å². The van der Waals surface area contributed by atoms with E-state index in [1.165, 1.54) is 6.92 Å². The molecule has 25 heavy (non-hydrogen) atoms. The minimum Gasteiger partial charge on any atom is -0.447 e. The maximum atomic E-state index is 11.6. The van der Waals surface area contributed by atoms with Gasteiger partial charge in [0.25, 0.3) is 0 Å². The van der Waals surface area contributed by atoms with Crippen LogP contribution in [0.1, 0.15) is 12.6 Å². The standard InChI is InChI=1S/C18H20N4O3/c1-12(23)19-14-4-5-17-13(8-14)2-3-15(20-17)9-21-6-7-22-16(10-21)11-25-18(22)24/h2-5,8,16H,6-7,9-11H2,1H3,(H,19,23). The number of hydrogen-bond donors (Lipinski definition) is 1. The molecule has 2 amide bonds. The summed E-state index contributed by atoms with van der Waals surface area (Å²) < 4.78 is 5.11. The molecule has 1 atom stereocenters. The fourth-order valence-electron chi connectivity index (χ4n) is 3.46. The molecule has 0 bridgehead atoms. The minimum atomic E-state index is -0.191. The number of amides is 2. The van der Waals surface area contributed by atoms with Gasteiger partial charge in [-0.3, -0.25) is 19.6 Å². The number of benzene rings is 1. The number of aromatic nitrogens is 1. The molecule has 7 nitrogen and oxygen atoms in total. The van der Waals surface area contributed by atoms with Gasteiger partial charge in [0.15, 0.2) is 0 Å². The number of hydrogen-bond acceptors (Lipinski definition) is 5. The summed E-state index contributed by atoms with van der Waals surface area (Å²) in [4.78, 5) is 31.6. The first kappa shape index (κ1) is 15.8. The number of fused-ring (bicyclic) bond motifs is 2. The molecule has 4 rings (SSSR count). The highest BCUT2D eigenvalue weighted by molar-refractivity contribution is 5.92. The van der Waals surface area contributed by atoms with Crippen LogP contribution in [0.25, 0.3) is 10.9 Å². The maximum Gasteiger partial charge on any atom is 0.410 e. The van der Waals surface area contributed by atoms with Crippen LogP contribution in [0.5, 0.6) is 0 Å². The van der Waals surface area contributed by atoms with Crippen LogP contribution in [-0.2, 0) is 16.1 Å². The van der Waals surface area contributed by atoms with Crippen LogP contribution in [0.2, 0.25) is 0 Å². The van der Waals surface area contributed by atoms with Gasteiger partial charge in [0.1, 0.15) is 6.61 Å². The molecule has 1 N–H and O–H groups in total. The lowest BCUT2D eigenvalue weighted by molar-refractivity contribution is -0.114. The zero-order valence-corrected chi connectivity index (χ0v) is 14.1. The summed E-state index contributed by atoms with van der Waals surface area (Å²) in [6.07, 6.45) is -0.191. The summed E-state index contributed by atoms with van der Waals surface area (Å²) in [5.74, 6) is -0.0857. The number of carbonyl (C=O) groups excluding carboxylic acids is 2. The van der Waals surface area contributed by atoms with Gasteiger partial charge in [-0.1, -0.05) is 6.07 Å². The lowest BCUT2D eigenvalue weighted by atomic mass is 10.1. The van der Waals surface area contributed by atoms with E-state index in [0.717, 1.165) is 41.9 Å². The van der Waals surface area contributed by atoms with E-state index in [0.29, 0.717) is 13.2 Å². The molecular weight excluding hydrogens is 320 g/mol. The molecule has 0 radical (unpaired) electrons. The van der Waals surface area contributed by atoms with Gasteiger partial charge >= 0.3 is 6.09 Å². The zero-order chi connectivity index (χ0) is 17.4. The Bertz CT molecular complexity index is 838. The Hall–Kier alpha value is -2.67. The van der Waals surface area contributed by atoms with E-state index in [2.05, 4.69) is 10.2 Å². The van der Waals surface area contributed by atoms with E-state index in [9.17, 15) is 9.59 Å². The molecular formula is C18H20N4O3. The van der Waals surface area contributed by atoms with Crippen LogP contribution in [0.4, 0.5) is 10.5 Å². The molecule has 7 heteroatoms. The normalized spacial score (nSPS) is 20.4. The molecule has 130 valence electrons. The molecule has 2 saturated heterocycles. The van der Waals surface area contributed by atoms with E-state index in [4.69, 9.17) is 9.72 Å². The van der Waals surface area contributed by atoms with Crippen LogP contribution in [0.3, 0.4) is 0 Å². The van der Waals surface area contributed by atoms with Crippen LogP contribution in [0, 0.1) is 0 Å². The third-order valence-corrected chi connectivity index (χ3v) is 4.65. The third-order valence-electron chi connectivity index (χ3n) is 4.65. The van der Waals surface area contributed by atoms with Crippen molar-refractivity contribution < 1.29 is 14.3 Å². The largest absolute Gasteiger partial charge is 0.447 e.